The van der Waals surface area contributed by atoms with Gasteiger partial charge in [0.2, 0.25) is 0 Å². The van der Waals surface area contributed by atoms with E-state index in [2.05, 4.69) is 32.4 Å². The summed E-state index contributed by atoms with van der Waals surface area (Å²) in [5, 5.41) is 0. The molecular formula is C7H13IO3. The molecule has 0 aliphatic rings. The zero-order valence-corrected chi connectivity index (χ0v) is 8.80. The van der Waals surface area contributed by atoms with Crippen LogP contribution in [0, 0.1) is 0 Å². The SMILES string of the molecule is CCCC(=O)OOCCCI. The highest BCUT2D eigenvalue weighted by Crippen LogP contribution is 1.94. The molecule has 0 radical (unpaired) electrons. The highest BCUT2D eigenvalue weighted by atomic mass is 127. The number of carbonyl (C=O) groups excluding carboxylic acids is 1. The van der Waals surface area contributed by atoms with E-state index < -0.39 is 0 Å². The van der Waals surface area contributed by atoms with Crippen LogP contribution in [0.1, 0.15) is 26.2 Å². The van der Waals surface area contributed by atoms with Crippen molar-refractivity contribution in [1.82, 2.24) is 0 Å². The lowest BCUT2D eigenvalue weighted by Gasteiger charge is -2.00. The molecule has 3 nitrogen and oxygen atoms in total. The molecule has 0 aromatic carbocycles. The molecule has 0 bridgehead atoms. The molecule has 0 rings (SSSR count). The summed E-state index contributed by atoms with van der Waals surface area (Å²) in [4.78, 5) is 19.7. The van der Waals surface area contributed by atoms with E-state index >= 15 is 0 Å². The summed E-state index contributed by atoms with van der Waals surface area (Å²) in [5.41, 5.74) is 0. The Bertz CT molecular complexity index is 106. The van der Waals surface area contributed by atoms with Gasteiger partial charge >= 0.3 is 5.97 Å². The zero-order valence-electron chi connectivity index (χ0n) is 6.64. The van der Waals surface area contributed by atoms with Crippen molar-refractivity contribution in [3.8, 4) is 0 Å². The predicted octanol–water partition coefficient (Wildman–Crippen LogP) is 2.09. The minimum atomic E-state index is -0.277. The Morgan fingerprint density at radius 3 is 2.82 bits per heavy atom. The van der Waals surface area contributed by atoms with Crippen molar-refractivity contribution in [3.05, 3.63) is 0 Å². The molecule has 0 amide bonds. The molecule has 0 saturated carbocycles. The lowest BCUT2D eigenvalue weighted by atomic mass is 10.3. The molecule has 0 spiro atoms. The number of alkyl halides is 1. The molecule has 0 N–H and O–H groups in total. The van der Waals surface area contributed by atoms with Crippen molar-refractivity contribution in [2.24, 2.45) is 0 Å². The van der Waals surface area contributed by atoms with Crippen molar-refractivity contribution >= 4 is 28.6 Å². The van der Waals surface area contributed by atoms with Crippen molar-refractivity contribution in [1.29, 1.82) is 0 Å². The standard InChI is InChI=1S/C7H13IO3/c1-2-4-7(9)11-10-6-3-5-8/h2-6H2,1H3. The van der Waals surface area contributed by atoms with Crippen LogP contribution in [0.25, 0.3) is 0 Å². The van der Waals surface area contributed by atoms with Crippen molar-refractivity contribution in [2.75, 3.05) is 11.0 Å². The van der Waals surface area contributed by atoms with Gasteiger partial charge in [-0.05, 0) is 12.8 Å². The number of halogens is 1. The molecule has 4 heteroatoms. The second-order valence-electron chi connectivity index (χ2n) is 2.07. The van der Waals surface area contributed by atoms with Crippen LogP contribution in [-0.4, -0.2) is 17.0 Å². The average Bonchev–Trinajstić information content (AvgIpc) is 1.99. The third-order valence-electron chi connectivity index (χ3n) is 0.967. The van der Waals surface area contributed by atoms with Gasteiger partial charge in [-0.1, -0.05) is 29.5 Å². The van der Waals surface area contributed by atoms with Crippen LogP contribution in [-0.2, 0) is 14.6 Å². The smallest absolute Gasteiger partial charge is 0.298 e. The Morgan fingerprint density at radius 2 is 2.27 bits per heavy atom. The molecule has 0 atom stereocenters. The lowest BCUT2D eigenvalue weighted by Crippen LogP contribution is -2.05. The normalized spacial score (nSPS) is 9.64. The number of hydrogen-bond donors (Lipinski definition) is 0. The molecule has 0 aliphatic carbocycles. The quantitative estimate of drug-likeness (QED) is 0.244. The number of rotatable bonds is 6. The summed E-state index contributed by atoms with van der Waals surface area (Å²) in [6, 6.07) is 0. The predicted molar refractivity (Wildman–Crippen MR) is 50.5 cm³/mol. The van der Waals surface area contributed by atoms with E-state index in [0.717, 1.165) is 17.3 Å². The fourth-order valence-electron chi connectivity index (χ4n) is 0.467. The van der Waals surface area contributed by atoms with E-state index in [9.17, 15) is 4.79 Å². The van der Waals surface area contributed by atoms with Gasteiger partial charge in [-0.15, -0.1) is 0 Å². The maximum absolute atomic E-state index is 10.7. The Labute approximate surface area is 80.5 Å². The van der Waals surface area contributed by atoms with Gasteiger partial charge in [0.25, 0.3) is 0 Å². The Balaban J connectivity index is 3.04. The van der Waals surface area contributed by atoms with Gasteiger partial charge in [0, 0.05) is 10.8 Å². The van der Waals surface area contributed by atoms with Gasteiger partial charge in [-0.3, -0.25) is 4.89 Å². The third-order valence-corrected chi connectivity index (χ3v) is 1.73. The maximum Gasteiger partial charge on any atom is 0.342 e. The van der Waals surface area contributed by atoms with Crippen molar-refractivity contribution in [2.45, 2.75) is 26.2 Å². The van der Waals surface area contributed by atoms with E-state index in [0.29, 0.717) is 13.0 Å². The van der Waals surface area contributed by atoms with E-state index in [1.165, 1.54) is 0 Å². The van der Waals surface area contributed by atoms with Crippen LogP contribution in [0.15, 0.2) is 0 Å². The highest BCUT2D eigenvalue weighted by Gasteiger charge is 2.00. The van der Waals surface area contributed by atoms with Crippen LogP contribution < -0.4 is 0 Å². The summed E-state index contributed by atoms with van der Waals surface area (Å²) in [6.45, 7) is 2.42. The summed E-state index contributed by atoms with van der Waals surface area (Å²) >= 11 is 2.24. The van der Waals surface area contributed by atoms with Gasteiger partial charge in [0.05, 0.1) is 6.61 Å². The Morgan fingerprint density at radius 1 is 1.55 bits per heavy atom. The first kappa shape index (κ1) is 11.2. The van der Waals surface area contributed by atoms with Crippen LogP contribution >= 0.6 is 22.6 Å². The zero-order chi connectivity index (χ0) is 8.53. The molecule has 0 saturated heterocycles. The van der Waals surface area contributed by atoms with Crippen molar-refractivity contribution < 1.29 is 14.6 Å². The first-order valence-electron chi connectivity index (χ1n) is 3.69. The van der Waals surface area contributed by atoms with Crippen LogP contribution in [0.3, 0.4) is 0 Å². The second-order valence-corrected chi connectivity index (χ2v) is 3.15. The summed E-state index contributed by atoms with van der Waals surface area (Å²) in [7, 11) is 0. The molecular weight excluding hydrogens is 259 g/mol. The van der Waals surface area contributed by atoms with E-state index in [1.54, 1.807) is 0 Å². The highest BCUT2D eigenvalue weighted by molar-refractivity contribution is 14.1. The van der Waals surface area contributed by atoms with Crippen LogP contribution in [0.2, 0.25) is 0 Å². The Hall–Kier alpha value is 0.160. The van der Waals surface area contributed by atoms with E-state index in [-0.39, 0.29) is 5.97 Å². The lowest BCUT2D eigenvalue weighted by molar-refractivity contribution is -0.272. The molecule has 0 fully saturated rings. The molecule has 11 heavy (non-hydrogen) atoms. The Kier molecular flexibility index (Phi) is 8.38. The minimum Gasteiger partial charge on any atom is -0.298 e. The minimum absolute atomic E-state index is 0.277. The van der Waals surface area contributed by atoms with Gasteiger partial charge in [-0.25, -0.2) is 4.79 Å². The van der Waals surface area contributed by atoms with Gasteiger partial charge in [-0.2, -0.15) is 4.89 Å². The molecule has 0 unspecified atom stereocenters. The molecule has 0 aromatic rings. The summed E-state index contributed by atoms with van der Waals surface area (Å²) < 4.78 is 1.02. The monoisotopic (exact) mass is 272 g/mol. The van der Waals surface area contributed by atoms with Crippen LogP contribution in [0.5, 0.6) is 0 Å². The molecule has 0 heterocycles. The number of carbonyl (C=O) groups is 1. The molecule has 0 aromatic heterocycles. The molecule has 66 valence electrons. The first-order valence-corrected chi connectivity index (χ1v) is 5.22. The largest absolute Gasteiger partial charge is 0.342 e. The van der Waals surface area contributed by atoms with E-state index in [4.69, 9.17) is 0 Å². The second kappa shape index (κ2) is 8.26. The molecule has 0 aliphatic heterocycles. The van der Waals surface area contributed by atoms with Gasteiger partial charge in [0.15, 0.2) is 0 Å². The number of hydrogen-bond acceptors (Lipinski definition) is 3. The topological polar surface area (TPSA) is 35.5 Å². The average molecular weight is 272 g/mol. The summed E-state index contributed by atoms with van der Waals surface area (Å²) in [6.07, 6.45) is 2.15. The van der Waals surface area contributed by atoms with Gasteiger partial charge in [0.1, 0.15) is 0 Å². The summed E-state index contributed by atoms with van der Waals surface area (Å²) in [5.74, 6) is -0.277. The fraction of sp³-hybridized carbons (Fsp3) is 0.857. The first-order chi connectivity index (χ1) is 5.31. The van der Waals surface area contributed by atoms with Crippen LogP contribution in [0.4, 0.5) is 0 Å². The van der Waals surface area contributed by atoms with Gasteiger partial charge < -0.3 is 0 Å². The third kappa shape index (κ3) is 8.06. The maximum atomic E-state index is 10.7. The van der Waals surface area contributed by atoms with E-state index in [1.807, 2.05) is 6.92 Å². The van der Waals surface area contributed by atoms with Crippen molar-refractivity contribution in [3.63, 3.8) is 0 Å². The fourth-order valence-corrected chi connectivity index (χ4v) is 0.778.